The van der Waals surface area contributed by atoms with E-state index in [1.54, 1.807) is 23.2 Å². The lowest BCUT2D eigenvalue weighted by molar-refractivity contribution is -0.116. The molecule has 0 radical (unpaired) electrons. The van der Waals surface area contributed by atoms with Crippen LogP contribution in [0.25, 0.3) is 0 Å². The maximum Gasteiger partial charge on any atom is 0.251 e. The Morgan fingerprint density at radius 3 is 2.74 bits per heavy atom. The molecule has 0 saturated carbocycles. The number of carbonyl (C=O) groups excluding carboxylic acids is 2. The van der Waals surface area contributed by atoms with Gasteiger partial charge in [0, 0.05) is 18.3 Å². The summed E-state index contributed by atoms with van der Waals surface area (Å²) in [5.41, 5.74) is 3.27. The molecule has 8 heteroatoms. The number of fused-ring (bicyclic) bond motifs is 2. The number of rotatable bonds is 5. The fourth-order valence-corrected chi connectivity index (χ4v) is 4.37. The Labute approximate surface area is 183 Å². The summed E-state index contributed by atoms with van der Waals surface area (Å²) >= 11 is 1.46. The summed E-state index contributed by atoms with van der Waals surface area (Å²) in [5, 5.41) is 3.78. The van der Waals surface area contributed by atoms with Gasteiger partial charge >= 0.3 is 0 Å². The smallest absolute Gasteiger partial charge is 0.251 e. The highest BCUT2D eigenvalue weighted by Crippen LogP contribution is 2.34. The standard InChI is InChI=1S/C23H19N3O4S/c27-21-13-31-23-18(2-1-9-24-23)26(21)12-15-3-6-17(7-4-15)22(28)25-11-16-5-8-19-20(10-16)30-14-29-19/h1-10H,11-14H2,(H,25,28). The second-order valence-corrected chi connectivity index (χ2v) is 8.13. The van der Waals surface area contributed by atoms with Crippen molar-refractivity contribution in [1.82, 2.24) is 10.3 Å². The van der Waals surface area contributed by atoms with Crippen LogP contribution in [0.4, 0.5) is 5.69 Å². The third-order valence-corrected chi connectivity index (χ3v) is 6.10. The summed E-state index contributed by atoms with van der Waals surface area (Å²) in [6.45, 7) is 1.06. The van der Waals surface area contributed by atoms with Crippen LogP contribution in [0.5, 0.6) is 11.5 Å². The molecule has 0 atom stereocenters. The first-order chi connectivity index (χ1) is 15.2. The molecule has 2 aliphatic heterocycles. The van der Waals surface area contributed by atoms with Gasteiger partial charge in [-0.05, 0) is 47.5 Å². The first kappa shape index (κ1) is 19.4. The summed E-state index contributed by atoms with van der Waals surface area (Å²) in [5.74, 6) is 1.68. The van der Waals surface area contributed by atoms with Gasteiger partial charge in [0.1, 0.15) is 5.03 Å². The van der Waals surface area contributed by atoms with Crippen LogP contribution >= 0.6 is 11.8 Å². The van der Waals surface area contributed by atoms with Crippen molar-refractivity contribution in [2.45, 2.75) is 18.1 Å². The van der Waals surface area contributed by atoms with E-state index in [2.05, 4.69) is 10.3 Å². The molecule has 0 aliphatic carbocycles. The highest BCUT2D eigenvalue weighted by molar-refractivity contribution is 8.00. The number of ether oxygens (including phenoxy) is 2. The average Bonchev–Trinajstić information content (AvgIpc) is 3.28. The highest BCUT2D eigenvalue weighted by atomic mass is 32.2. The maximum atomic E-state index is 12.5. The molecule has 2 amide bonds. The van der Waals surface area contributed by atoms with E-state index in [0.29, 0.717) is 30.2 Å². The lowest BCUT2D eigenvalue weighted by Gasteiger charge is -2.28. The Balaban J connectivity index is 1.23. The van der Waals surface area contributed by atoms with Crippen LogP contribution in [0.15, 0.2) is 65.8 Å². The summed E-state index contributed by atoms with van der Waals surface area (Å²) in [6.07, 6.45) is 1.73. The number of anilines is 1. The molecule has 7 nitrogen and oxygen atoms in total. The molecular formula is C23H19N3O4S. The van der Waals surface area contributed by atoms with Crippen LogP contribution in [0.1, 0.15) is 21.5 Å². The van der Waals surface area contributed by atoms with Crippen LogP contribution < -0.4 is 19.7 Å². The van der Waals surface area contributed by atoms with E-state index in [4.69, 9.17) is 9.47 Å². The Kier molecular flexibility index (Phi) is 5.21. The molecule has 1 aromatic heterocycles. The van der Waals surface area contributed by atoms with Crippen molar-refractivity contribution in [3.05, 3.63) is 77.5 Å². The molecule has 0 unspecified atom stereocenters. The van der Waals surface area contributed by atoms with Crippen LogP contribution in [0.3, 0.4) is 0 Å². The minimum Gasteiger partial charge on any atom is -0.454 e. The van der Waals surface area contributed by atoms with Crippen molar-refractivity contribution in [3.63, 3.8) is 0 Å². The molecular weight excluding hydrogens is 414 g/mol. The lowest BCUT2D eigenvalue weighted by atomic mass is 10.1. The van der Waals surface area contributed by atoms with E-state index < -0.39 is 0 Å². The van der Waals surface area contributed by atoms with Gasteiger partial charge in [0.2, 0.25) is 12.7 Å². The number of thioether (sulfide) groups is 1. The number of nitrogens with zero attached hydrogens (tertiary/aromatic N) is 2. The number of hydrogen-bond donors (Lipinski definition) is 1. The summed E-state index contributed by atoms with van der Waals surface area (Å²) < 4.78 is 10.7. The second kappa shape index (κ2) is 8.31. The number of aromatic nitrogens is 1. The normalized spacial score (nSPS) is 14.3. The zero-order chi connectivity index (χ0) is 21.2. The number of amides is 2. The maximum absolute atomic E-state index is 12.5. The van der Waals surface area contributed by atoms with E-state index >= 15 is 0 Å². The van der Waals surface area contributed by atoms with Gasteiger partial charge in [-0.1, -0.05) is 30.0 Å². The van der Waals surface area contributed by atoms with E-state index in [1.165, 1.54) is 11.8 Å². The monoisotopic (exact) mass is 433 g/mol. The van der Waals surface area contributed by atoms with Crippen molar-refractivity contribution in [3.8, 4) is 11.5 Å². The molecule has 2 aliphatic rings. The predicted octanol–water partition coefficient (Wildman–Crippen LogP) is 3.38. The van der Waals surface area contributed by atoms with E-state index in [0.717, 1.165) is 27.6 Å². The Morgan fingerprint density at radius 2 is 1.87 bits per heavy atom. The SMILES string of the molecule is O=C(NCc1ccc2c(c1)OCO2)c1ccc(CN2C(=O)CSc3ncccc32)cc1. The third-order valence-electron chi connectivity index (χ3n) is 5.12. The molecule has 0 fully saturated rings. The predicted molar refractivity (Wildman–Crippen MR) is 116 cm³/mol. The molecule has 156 valence electrons. The van der Waals surface area contributed by atoms with Crippen molar-refractivity contribution in [2.75, 3.05) is 17.4 Å². The number of benzene rings is 2. The zero-order valence-corrected chi connectivity index (χ0v) is 17.4. The average molecular weight is 433 g/mol. The number of hydrogen-bond acceptors (Lipinski definition) is 6. The topological polar surface area (TPSA) is 80.8 Å². The van der Waals surface area contributed by atoms with Crippen LogP contribution in [-0.2, 0) is 17.9 Å². The fraction of sp³-hybridized carbons (Fsp3) is 0.174. The van der Waals surface area contributed by atoms with E-state index in [1.807, 2.05) is 42.5 Å². The number of nitrogens with one attached hydrogen (secondary N) is 1. The Hall–Kier alpha value is -3.52. The van der Waals surface area contributed by atoms with Gasteiger partial charge in [-0.15, -0.1) is 0 Å². The van der Waals surface area contributed by atoms with Crippen molar-refractivity contribution < 1.29 is 19.1 Å². The molecule has 5 rings (SSSR count). The highest BCUT2D eigenvalue weighted by Gasteiger charge is 2.25. The van der Waals surface area contributed by atoms with Crippen molar-refractivity contribution in [1.29, 1.82) is 0 Å². The molecule has 0 spiro atoms. The summed E-state index contributed by atoms with van der Waals surface area (Å²) in [6, 6.07) is 16.6. The van der Waals surface area contributed by atoms with Gasteiger partial charge in [0.25, 0.3) is 5.91 Å². The van der Waals surface area contributed by atoms with Crippen molar-refractivity contribution in [2.24, 2.45) is 0 Å². The van der Waals surface area contributed by atoms with Gasteiger partial charge in [-0.2, -0.15) is 0 Å². The third kappa shape index (κ3) is 4.06. The first-order valence-electron chi connectivity index (χ1n) is 9.81. The first-order valence-corrected chi connectivity index (χ1v) is 10.8. The summed E-state index contributed by atoms with van der Waals surface area (Å²) in [4.78, 5) is 31.0. The Bertz CT molecular complexity index is 1150. The fourth-order valence-electron chi connectivity index (χ4n) is 3.49. The molecule has 2 aromatic carbocycles. The molecule has 3 heterocycles. The number of carbonyl (C=O) groups is 2. The van der Waals surface area contributed by atoms with E-state index in [9.17, 15) is 9.59 Å². The quantitative estimate of drug-likeness (QED) is 0.665. The Morgan fingerprint density at radius 1 is 1.06 bits per heavy atom. The van der Waals surface area contributed by atoms with Gasteiger partial charge in [-0.25, -0.2) is 4.98 Å². The second-order valence-electron chi connectivity index (χ2n) is 7.16. The van der Waals surface area contributed by atoms with Crippen LogP contribution in [0, 0.1) is 0 Å². The van der Waals surface area contributed by atoms with Crippen LogP contribution in [0.2, 0.25) is 0 Å². The minimum absolute atomic E-state index is 0.0519. The van der Waals surface area contributed by atoms with E-state index in [-0.39, 0.29) is 18.6 Å². The minimum atomic E-state index is -0.163. The summed E-state index contributed by atoms with van der Waals surface area (Å²) in [7, 11) is 0. The van der Waals surface area contributed by atoms with Gasteiger partial charge in [0.15, 0.2) is 11.5 Å². The number of pyridine rings is 1. The zero-order valence-electron chi connectivity index (χ0n) is 16.5. The molecule has 1 N–H and O–H groups in total. The molecule has 3 aromatic rings. The molecule has 0 saturated heterocycles. The van der Waals surface area contributed by atoms with Gasteiger partial charge < -0.3 is 19.7 Å². The molecule has 0 bridgehead atoms. The van der Waals surface area contributed by atoms with Crippen LogP contribution in [-0.4, -0.2) is 29.3 Å². The lowest BCUT2D eigenvalue weighted by Crippen LogP contribution is -2.35. The molecule has 31 heavy (non-hydrogen) atoms. The largest absolute Gasteiger partial charge is 0.454 e. The van der Waals surface area contributed by atoms with Crippen molar-refractivity contribution >= 4 is 29.3 Å². The van der Waals surface area contributed by atoms with Gasteiger partial charge in [0.05, 0.1) is 18.0 Å². The van der Waals surface area contributed by atoms with Gasteiger partial charge in [-0.3, -0.25) is 9.59 Å².